The summed E-state index contributed by atoms with van der Waals surface area (Å²) in [6.45, 7) is 0. The van der Waals surface area contributed by atoms with Crippen LogP contribution in [-0.2, 0) is 0 Å². The number of fused-ring (bicyclic) bond motifs is 1. The number of nitrogens with one attached hydrogen (secondary N) is 3. The van der Waals surface area contributed by atoms with E-state index in [9.17, 15) is 0 Å². The van der Waals surface area contributed by atoms with E-state index in [2.05, 4.69) is 20.8 Å². The molecule has 4 nitrogen and oxygen atoms in total. The second-order valence-corrected chi connectivity index (χ2v) is 5.51. The van der Waals surface area contributed by atoms with E-state index in [0.717, 1.165) is 21.7 Å². The number of hydrogen-bond donors (Lipinski definition) is 3. The van der Waals surface area contributed by atoms with Gasteiger partial charge in [-0.05, 0) is 43.3 Å². The lowest BCUT2D eigenvalue weighted by atomic mass is 9.96. The number of H-pyrrole nitrogens is 1. The first-order chi connectivity index (χ1) is 9.31. The fourth-order valence-electron chi connectivity index (χ4n) is 2.62. The summed E-state index contributed by atoms with van der Waals surface area (Å²) >= 11 is 5.37. The zero-order valence-corrected chi connectivity index (χ0v) is 11.6. The number of thiocarbonyl (C=S) groups is 1. The molecule has 19 heavy (non-hydrogen) atoms. The number of rotatable bonds is 2. The van der Waals surface area contributed by atoms with Crippen molar-refractivity contribution in [2.75, 3.05) is 5.32 Å². The Balaban J connectivity index is 1.61. The first-order valence-corrected chi connectivity index (χ1v) is 7.23. The van der Waals surface area contributed by atoms with Gasteiger partial charge in [-0.15, -0.1) is 0 Å². The topological polar surface area (TPSA) is 52.7 Å². The Morgan fingerprint density at radius 3 is 2.95 bits per heavy atom. The fourth-order valence-corrected chi connectivity index (χ4v) is 2.90. The molecule has 1 aliphatic rings. The number of aromatic amines is 1. The molecule has 0 unspecified atom stereocenters. The average Bonchev–Trinajstić information content (AvgIpc) is 2.87. The molecule has 0 aliphatic heterocycles. The van der Waals surface area contributed by atoms with Crippen molar-refractivity contribution < 1.29 is 0 Å². The van der Waals surface area contributed by atoms with Crippen LogP contribution in [0, 0.1) is 0 Å². The molecule has 0 spiro atoms. The van der Waals surface area contributed by atoms with E-state index < -0.39 is 0 Å². The Kier molecular flexibility index (Phi) is 3.64. The van der Waals surface area contributed by atoms with Gasteiger partial charge < -0.3 is 10.6 Å². The third kappa shape index (κ3) is 3.04. The highest BCUT2D eigenvalue weighted by molar-refractivity contribution is 7.80. The normalized spacial score (nSPS) is 16.4. The van der Waals surface area contributed by atoms with E-state index in [1.165, 1.54) is 32.1 Å². The Hall–Kier alpha value is -1.62. The lowest BCUT2D eigenvalue weighted by Gasteiger charge is -2.24. The molecule has 1 aromatic heterocycles. The van der Waals surface area contributed by atoms with Crippen LogP contribution in [0.5, 0.6) is 0 Å². The first-order valence-electron chi connectivity index (χ1n) is 6.82. The lowest BCUT2D eigenvalue weighted by Crippen LogP contribution is -2.38. The molecule has 0 atom stereocenters. The third-order valence-corrected chi connectivity index (χ3v) is 3.86. The van der Waals surface area contributed by atoms with Crippen LogP contribution in [0.1, 0.15) is 32.1 Å². The molecule has 0 saturated heterocycles. The summed E-state index contributed by atoms with van der Waals surface area (Å²) in [6, 6.07) is 6.60. The number of benzene rings is 1. The van der Waals surface area contributed by atoms with Gasteiger partial charge in [0.2, 0.25) is 0 Å². The summed E-state index contributed by atoms with van der Waals surface area (Å²) in [5, 5.41) is 15.4. The largest absolute Gasteiger partial charge is 0.360 e. The van der Waals surface area contributed by atoms with Crippen molar-refractivity contribution in [3.05, 3.63) is 24.4 Å². The van der Waals surface area contributed by atoms with Gasteiger partial charge in [-0.1, -0.05) is 19.3 Å². The van der Waals surface area contributed by atoms with Crippen molar-refractivity contribution in [1.82, 2.24) is 15.5 Å². The molecule has 3 N–H and O–H groups in total. The molecule has 0 amide bonds. The summed E-state index contributed by atoms with van der Waals surface area (Å²) in [5.74, 6) is 0. The molecule has 1 saturated carbocycles. The van der Waals surface area contributed by atoms with E-state index in [-0.39, 0.29) is 0 Å². The molecule has 5 heteroatoms. The highest BCUT2D eigenvalue weighted by Gasteiger charge is 2.13. The van der Waals surface area contributed by atoms with Gasteiger partial charge in [0.05, 0.1) is 11.7 Å². The molecule has 1 aliphatic carbocycles. The zero-order chi connectivity index (χ0) is 13.1. The molecule has 0 radical (unpaired) electrons. The van der Waals surface area contributed by atoms with Crippen molar-refractivity contribution in [2.45, 2.75) is 38.1 Å². The predicted molar refractivity (Wildman–Crippen MR) is 82.3 cm³/mol. The minimum atomic E-state index is 0.534. The van der Waals surface area contributed by atoms with E-state index in [4.69, 9.17) is 12.2 Å². The molecular formula is C14H18N4S. The minimum Gasteiger partial charge on any atom is -0.360 e. The maximum absolute atomic E-state index is 5.37. The van der Waals surface area contributed by atoms with Crippen molar-refractivity contribution in [3.63, 3.8) is 0 Å². The van der Waals surface area contributed by atoms with Crippen LogP contribution < -0.4 is 10.6 Å². The monoisotopic (exact) mass is 274 g/mol. The first kappa shape index (κ1) is 12.4. The minimum absolute atomic E-state index is 0.534. The summed E-state index contributed by atoms with van der Waals surface area (Å²) in [4.78, 5) is 0. The summed E-state index contributed by atoms with van der Waals surface area (Å²) in [5.41, 5.74) is 2.04. The lowest BCUT2D eigenvalue weighted by molar-refractivity contribution is 0.415. The van der Waals surface area contributed by atoms with Crippen molar-refractivity contribution in [3.8, 4) is 0 Å². The molecule has 1 heterocycles. The number of nitrogens with zero attached hydrogens (tertiary/aromatic N) is 1. The average molecular weight is 274 g/mol. The molecular weight excluding hydrogens is 256 g/mol. The number of aromatic nitrogens is 2. The Labute approximate surface area is 118 Å². The van der Waals surface area contributed by atoms with Gasteiger partial charge in [0.25, 0.3) is 0 Å². The van der Waals surface area contributed by atoms with Crippen LogP contribution in [0.15, 0.2) is 24.4 Å². The number of hydrogen-bond acceptors (Lipinski definition) is 2. The maximum Gasteiger partial charge on any atom is 0.170 e. The van der Waals surface area contributed by atoms with Crippen molar-refractivity contribution >= 4 is 33.9 Å². The van der Waals surface area contributed by atoms with E-state index in [0.29, 0.717) is 6.04 Å². The predicted octanol–water partition coefficient (Wildman–Crippen LogP) is 3.18. The smallest absolute Gasteiger partial charge is 0.170 e. The highest BCUT2D eigenvalue weighted by atomic mass is 32.1. The van der Waals surface area contributed by atoms with Gasteiger partial charge in [-0.25, -0.2) is 0 Å². The van der Waals surface area contributed by atoms with E-state index >= 15 is 0 Å². The van der Waals surface area contributed by atoms with Gasteiger partial charge in [-0.3, -0.25) is 5.10 Å². The van der Waals surface area contributed by atoms with E-state index in [1.54, 1.807) is 0 Å². The van der Waals surface area contributed by atoms with Crippen LogP contribution >= 0.6 is 12.2 Å². The Morgan fingerprint density at radius 1 is 1.26 bits per heavy atom. The standard InChI is InChI=1S/C14H18N4S/c19-14(16-11-4-2-1-3-5-11)17-12-6-7-13-10(8-12)9-15-18-13/h6-9,11H,1-5H2,(H,15,18)(H2,16,17,19). The summed E-state index contributed by atoms with van der Waals surface area (Å²) in [6.07, 6.45) is 8.24. The zero-order valence-electron chi connectivity index (χ0n) is 10.8. The Bertz CT molecular complexity index is 572. The van der Waals surface area contributed by atoms with E-state index in [1.807, 2.05) is 24.4 Å². The molecule has 2 aromatic rings. The van der Waals surface area contributed by atoms with Crippen LogP contribution in [-0.4, -0.2) is 21.4 Å². The molecule has 1 aromatic carbocycles. The Morgan fingerprint density at radius 2 is 2.11 bits per heavy atom. The van der Waals surface area contributed by atoms with Crippen LogP contribution in [0.4, 0.5) is 5.69 Å². The van der Waals surface area contributed by atoms with Gasteiger partial charge in [0.15, 0.2) is 5.11 Å². The molecule has 0 bridgehead atoms. The second kappa shape index (κ2) is 5.57. The highest BCUT2D eigenvalue weighted by Crippen LogP contribution is 2.19. The van der Waals surface area contributed by atoms with Gasteiger partial charge in [0, 0.05) is 17.1 Å². The fraction of sp³-hybridized carbons (Fsp3) is 0.429. The van der Waals surface area contributed by atoms with Crippen LogP contribution in [0.3, 0.4) is 0 Å². The summed E-state index contributed by atoms with van der Waals surface area (Å²) < 4.78 is 0. The van der Waals surface area contributed by atoms with Crippen LogP contribution in [0.2, 0.25) is 0 Å². The van der Waals surface area contributed by atoms with Crippen LogP contribution in [0.25, 0.3) is 10.9 Å². The maximum atomic E-state index is 5.37. The van der Waals surface area contributed by atoms with Crippen molar-refractivity contribution in [2.24, 2.45) is 0 Å². The quantitative estimate of drug-likeness (QED) is 0.736. The molecule has 1 fully saturated rings. The number of anilines is 1. The third-order valence-electron chi connectivity index (χ3n) is 3.64. The molecule has 100 valence electrons. The SMILES string of the molecule is S=C(Nc1ccc2[nH]ncc2c1)NC1CCCCC1. The van der Waals surface area contributed by atoms with Gasteiger partial charge >= 0.3 is 0 Å². The molecule has 3 rings (SSSR count). The van der Waals surface area contributed by atoms with Gasteiger partial charge in [0.1, 0.15) is 0 Å². The van der Waals surface area contributed by atoms with Crippen molar-refractivity contribution in [1.29, 1.82) is 0 Å². The van der Waals surface area contributed by atoms with Gasteiger partial charge in [-0.2, -0.15) is 5.10 Å². The summed E-state index contributed by atoms with van der Waals surface area (Å²) in [7, 11) is 0. The second-order valence-electron chi connectivity index (χ2n) is 5.11.